The van der Waals surface area contributed by atoms with Gasteiger partial charge in [-0.05, 0) is 35.7 Å². The van der Waals surface area contributed by atoms with Crippen molar-refractivity contribution in [2.45, 2.75) is 31.2 Å². The van der Waals surface area contributed by atoms with Crippen molar-refractivity contribution < 1.29 is 8.42 Å². The number of nitrogens with one attached hydrogen (secondary N) is 1. The van der Waals surface area contributed by atoms with Crippen LogP contribution >= 0.6 is 11.6 Å². The summed E-state index contributed by atoms with van der Waals surface area (Å²) in [7, 11) is -3.57. The fourth-order valence-corrected chi connectivity index (χ4v) is 3.55. The Labute approximate surface area is 146 Å². The summed E-state index contributed by atoms with van der Waals surface area (Å²) in [6.07, 6.45) is 3.48. The summed E-state index contributed by atoms with van der Waals surface area (Å²) in [6, 6.07) is 10.5. The quantitative estimate of drug-likeness (QED) is 0.753. The van der Waals surface area contributed by atoms with Crippen molar-refractivity contribution in [2.24, 2.45) is 0 Å². The Kier molecular flexibility index (Phi) is 4.62. The van der Waals surface area contributed by atoms with Gasteiger partial charge in [0.1, 0.15) is 5.65 Å². The van der Waals surface area contributed by atoms with Gasteiger partial charge in [-0.15, -0.1) is 0 Å². The number of aromatic nitrogens is 2. The van der Waals surface area contributed by atoms with E-state index in [0.717, 1.165) is 11.2 Å². The largest absolute Gasteiger partial charge is 0.305 e. The zero-order chi connectivity index (χ0) is 17.3. The second kappa shape index (κ2) is 6.55. The monoisotopic (exact) mass is 363 g/mol. The third-order valence-electron chi connectivity index (χ3n) is 3.77. The van der Waals surface area contributed by atoms with E-state index in [2.05, 4.69) is 23.6 Å². The van der Waals surface area contributed by atoms with Crippen LogP contribution in [0.5, 0.6) is 0 Å². The Morgan fingerprint density at radius 1 is 1.12 bits per heavy atom. The molecule has 24 heavy (non-hydrogen) atoms. The molecule has 126 valence electrons. The lowest BCUT2D eigenvalue weighted by atomic mass is 10.0. The molecule has 2 aromatic heterocycles. The van der Waals surface area contributed by atoms with Crippen molar-refractivity contribution in [1.82, 2.24) is 14.1 Å². The summed E-state index contributed by atoms with van der Waals surface area (Å²) in [4.78, 5) is 4.61. The van der Waals surface area contributed by atoms with Gasteiger partial charge in [0.15, 0.2) is 0 Å². The number of pyridine rings is 1. The molecule has 0 spiro atoms. The molecule has 1 N–H and O–H groups in total. The highest BCUT2D eigenvalue weighted by molar-refractivity contribution is 7.89. The highest BCUT2D eigenvalue weighted by Gasteiger charge is 2.15. The van der Waals surface area contributed by atoms with Crippen molar-refractivity contribution in [2.75, 3.05) is 0 Å². The van der Waals surface area contributed by atoms with Gasteiger partial charge in [0, 0.05) is 12.4 Å². The number of hydrogen-bond donors (Lipinski definition) is 1. The fraction of sp³-hybridized carbons (Fsp3) is 0.235. The number of nitrogens with zero attached hydrogens (tertiary/aromatic N) is 2. The summed E-state index contributed by atoms with van der Waals surface area (Å²) in [6.45, 7) is 4.25. The minimum absolute atomic E-state index is 0.119. The molecule has 0 amide bonds. The fourth-order valence-electron chi connectivity index (χ4n) is 2.39. The van der Waals surface area contributed by atoms with Crippen LogP contribution in [0.15, 0.2) is 53.7 Å². The van der Waals surface area contributed by atoms with Gasteiger partial charge >= 0.3 is 0 Å². The summed E-state index contributed by atoms with van der Waals surface area (Å²) in [5.74, 6) is 0.361. The SMILES string of the molecule is CC(C)c1ccc(S(=O)(=O)NCc2cn3cc(Cl)ccc3n2)cc1. The highest BCUT2D eigenvalue weighted by atomic mass is 35.5. The Balaban J connectivity index is 1.76. The second-order valence-electron chi connectivity index (χ2n) is 5.89. The molecule has 3 aromatic rings. The molecule has 0 bridgehead atoms. The van der Waals surface area contributed by atoms with Crippen molar-refractivity contribution in [3.8, 4) is 0 Å². The van der Waals surface area contributed by atoms with Crippen molar-refractivity contribution in [3.05, 3.63) is 65.1 Å². The molecule has 0 fully saturated rings. The van der Waals surface area contributed by atoms with Gasteiger partial charge in [-0.25, -0.2) is 18.1 Å². The number of imidazole rings is 1. The van der Waals surface area contributed by atoms with Gasteiger partial charge in [0.25, 0.3) is 0 Å². The van der Waals surface area contributed by atoms with E-state index in [1.54, 1.807) is 41.1 Å². The first-order valence-corrected chi connectivity index (χ1v) is 9.44. The van der Waals surface area contributed by atoms with Crippen LogP contribution in [0.2, 0.25) is 5.02 Å². The normalized spacial score (nSPS) is 12.2. The van der Waals surface area contributed by atoms with Crippen molar-refractivity contribution in [1.29, 1.82) is 0 Å². The molecule has 0 aliphatic carbocycles. The van der Waals surface area contributed by atoms with Crippen molar-refractivity contribution >= 4 is 27.3 Å². The summed E-state index contributed by atoms with van der Waals surface area (Å²) < 4.78 is 29.1. The highest BCUT2D eigenvalue weighted by Crippen LogP contribution is 2.17. The second-order valence-corrected chi connectivity index (χ2v) is 8.10. The summed E-state index contributed by atoms with van der Waals surface area (Å²) in [5, 5.41) is 0.595. The van der Waals surface area contributed by atoms with Crippen LogP contribution in [-0.4, -0.2) is 17.8 Å². The zero-order valence-corrected chi connectivity index (χ0v) is 15.0. The molecule has 0 aliphatic rings. The lowest BCUT2D eigenvalue weighted by Gasteiger charge is -2.08. The maximum Gasteiger partial charge on any atom is 0.240 e. The minimum atomic E-state index is -3.57. The van der Waals surface area contributed by atoms with Crippen LogP contribution in [0.1, 0.15) is 31.0 Å². The zero-order valence-electron chi connectivity index (χ0n) is 13.4. The molecular formula is C17H18ClN3O2S. The molecule has 0 unspecified atom stereocenters. The number of halogens is 1. The van der Waals surface area contributed by atoms with Crippen LogP contribution in [0, 0.1) is 0 Å². The number of sulfonamides is 1. The van der Waals surface area contributed by atoms with E-state index in [1.165, 1.54) is 0 Å². The summed E-state index contributed by atoms with van der Waals surface area (Å²) in [5.41, 5.74) is 2.45. The Hall–Kier alpha value is -1.89. The van der Waals surface area contributed by atoms with Crippen LogP contribution in [0.3, 0.4) is 0 Å². The average Bonchev–Trinajstić information content (AvgIpc) is 2.95. The van der Waals surface area contributed by atoms with E-state index in [0.29, 0.717) is 16.6 Å². The molecule has 0 atom stereocenters. The molecule has 0 aliphatic heterocycles. The molecule has 0 saturated carbocycles. The Bertz CT molecular complexity index is 963. The topological polar surface area (TPSA) is 63.5 Å². The Morgan fingerprint density at radius 2 is 1.83 bits per heavy atom. The van der Waals surface area contributed by atoms with Gasteiger partial charge < -0.3 is 4.40 Å². The van der Waals surface area contributed by atoms with E-state index in [1.807, 2.05) is 12.1 Å². The molecule has 7 heteroatoms. The van der Waals surface area contributed by atoms with Crippen LogP contribution < -0.4 is 4.72 Å². The first-order chi connectivity index (χ1) is 11.3. The number of fused-ring (bicyclic) bond motifs is 1. The molecule has 2 heterocycles. The van der Waals surface area contributed by atoms with Crippen LogP contribution in [0.25, 0.3) is 5.65 Å². The van der Waals surface area contributed by atoms with E-state index in [9.17, 15) is 8.42 Å². The summed E-state index contributed by atoms with van der Waals surface area (Å²) >= 11 is 5.93. The maximum absolute atomic E-state index is 12.4. The van der Waals surface area contributed by atoms with E-state index in [4.69, 9.17) is 11.6 Å². The first kappa shape index (κ1) is 17.0. The lowest BCUT2D eigenvalue weighted by Crippen LogP contribution is -2.23. The molecule has 3 rings (SSSR count). The standard InChI is InChI=1S/C17H18ClN3O2S/c1-12(2)13-3-6-16(7-4-13)24(22,23)19-9-15-11-21-10-14(18)5-8-17(21)20-15/h3-8,10-12,19H,9H2,1-2H3. The maximum atomic E-state index is 12.4. The molecular weight excluding hydrogens is 346 g/mol. The number of rotatable bonds is 5. The smallest absolute Gasteiger partial charge is 0.240 e. The van der Waals surface area contributed by atoms with Gasteiger partial charge in [-0.1, -0.05) is 37.6 Å². The van der Waals surface area contributed by atoms with Crippen molar-refractivity contribution in [3.63, 3.8) is 0 Å². The van der Waals surface area contributed by atoms with Crippen LogP contribution in [-0.2, 0) is 16.6 Å². The van der Waals surface area contributed by atoms with Gasteiger partial charge in [0.05, 0.1) is 22.2 Å². The van der Waals surface area contributed by atoms with Gasteiger partial charge in [0.2, 0.25) is 10.0 Å². The van der Waals surface area contributed by atoms with Crippen LogP contribution in [0.4, 0.5) is 0 Å². The Morgan fingerprint density at radius 3 is 2.50 bits per heavy atom. The van der Waals surface area contributed by atoms with Gasteiger partial charge in [-0.3, -0.25) is 0 Å². The predicted octanol–water partition coefficient (Wildman–Crippen LogP) is 3.59. The molecule has 5 nitrogen and oxygen atoms in total. The third-order valence-corrected chi connectivity index (χ3v) is 5.41. The molecule has 1 aromatic carbocycles. The van der Waals surface area contributed by atoms with E-state index >= 15 is 0 Å². The first-order valence-electron chi connectivity index (χ1n) is 7.58. The molecule has 0 radical (unpaired) electrons. The minimum Gasteiger partial charge on any atom is -0.305 e. The van der Waals surface area contributed by atoms with E-state index in [-0.39, 0.29) is 11.4 Å². The lowest BCUT2D eigenvalue weighted by molar-refractivity contribution is 0.580. The number of hydrogen-bond acceptors (Lipinski definition) is 3. The van der Waals surface area contributed by atoms with E-state index < -0.39 is 10.0 Å². The third kappa shape index (κ3) is 3.61. The average molecular weight is 364 g/mol. The van der Waals surface area contributed by atoms with Gasteiger partial charge in [-0.2, -0.15) is 0 Å². The molecule has 0 saturated heterocycles. The predicted molar refractivity (Wildman–Crippen MR) is 94.8 cm³/mol. The number of benzene rings is 1.